The molecule has 0 unspecified atom stereocenters. The first-order valence-corrected chi connectivity index (χ1v) is 8.40. The fraction of sp³-hybridized carbons (Fsp3) is 0.611. The molecule has 0 amide bonds. The summed E-state index contributed by atoms with van der Waals surface area (Å²) in [6, 6.07) is 3.74. The van der Waals surface area contributed by atoms with E-state index in [1.165, 1.54) is 19.1 Å². The molecule has 0 heterocycles. The van der Waals surface area contributed by atoms with E-state index in [1.54, 1.807) is 6.92 Å². The predicted octanol–water partition coefficient (Wildman–Crippen LogP) is 4.59. The van der Waals surface area contributed by atoms with E-state index in [9.17, 15) is 18.0 Å². The maximum Gasteiger partial charge on any atom is 0.416 e. The first kappa shape index (κ1) is 24.5. The number of hydrogen-bond donors (Lipinski definition) is 1. The third-order valence-electron chi connectivity index (χ3n) is 4.10. The molecule has 0 aromatic heterocycles. The van der Waals surface area contributed by atoms with Crippen molar-refractivity contribution in [1.29, 1.82) is 0 Å². The van der Waals surface area contributed by atoms with Crippen LogP contribution in [0.3, 0.4) is 0 Å². The molecule has 2 N–H and O–H groups in total. The normalized spacial score (nSPS) is 15.0. The molecule has 3 atom stereocenters. The van der Waals surface area contributed by atoms with Crippen LogP contribution in [0.25, 0.3) is 0 Å². The molecule has 26 heavy (non-hydrogen) atoms. The van der Waals surface area contributed by atoms with Gasteiger partial charge in [0, 0.05) is 0 Å². The Bertz CT molecular complexity index is 546. The van der Waals surface area contributed by atoms with E-state index >= 15 is 0 Å². The summed E-state index contributed by atoms with van der Waals surface area (Å²) < 4.78 is 49.2. The van der Waals surface area contributed by atoms with Gasteiger partial charge in [-0.3, -0.25) is 4.79 Å². The van der Waals surface area contributed by atoms with E-state index in [0.717, 1.165) is 25.0 Å². The van der Waals surface area contributed by atoms with Crippen molar-refractivity contribution in [2.45, 2.75) is 65.0 Å². The Hall–Kier alpha value is -1.47. The summed E-state index contributed by atoms with van der Waals surface area (Å²) >= 11 is 0. The van der Waals surface area contributed by atoms with Gasteiger partial charge in [0.05, 0.1) is 5.56 Å². The largest absolute Gasteiger partial charge is 0.486 e. The van der Waals surface area contributed by atoms with Crippen LogP contribution in [0.5, 0.6) is 5.75 Å². The molecular formula is C18H27ClF3NO3. The molecular weight excluding hydrogens is 371 g/mol. The molecule has 4 nitrogen and oxygen atoms in total. The maximum absolute atomic E-state index is 12.7. The zero-order valence-corrected chi connectivity index (χ0v) is 16.2. The van der Waals surface area contributed by atoms with E-state index in [2.05, 4.69) is 0 Å². The predicted molar refractivity (Wildman–Crippen MR) is 96.4 cm³/mol. The van der Waals surface area contributed by atoms with Crippen LogP contribution in [-0.4, -0.2) is 24.2 Å². The fourth-order valence-electron chi connectivity index (χ4n) is 2.57. The van der Waals surface area contributed by atoms with Gasteiger partial charge >= 0.3 is 12.1 Å². The smallest absolute Gasteiger partial charge is 0.416 e. The highest BCUT2D eigenvalue weighted by molar-refractivity contribution is 5.85. The lowest BCUT2D eigenvalue weighted by Crippen LogP contribution is -2.42. The molecule has 0 spiro atoms. The quantitative estimate of drug-likeness (QED) is 0.652. The topological polar surface area (TPSA) is 61.5 Å². The number of rotatable bonds is 8. The second-order valence-electron chi connectivity index (χ2n) is 6.11. The van der Waals surface area contributed by atoms with Crippen molar-refractivity contribution in [3.63, 3.8) is 0 Å². The summed E-state index contributed by atoms with van der Waals surface area (Å²) in [5.74, 6) is -0.161. The summed E-state index contributed by atoms with van der Waals surface area (Å²) in [4.78, 5) is 11.7. The molecule has 0 fully saturated rings. The molecule has 1 rings (SSSR count). The summed E-state index contributed by atoms with van der Waals surface area (Å²) in [7, 11) is 0. The van der Waals surface area contributed by atoms with Crippen molar-refractivity contribution in [1.82, 2.24) is 0 Å². The Morgan fingerprint density at radius 2 is 1.62 bits per heavy atom. The van der Waals surface area contributed by atoms with Crippen LogP contribution in [0.1, 0.15) is 46.1 Å². The van der Waals surface area contributed by atoms with Crippen LogP contribution < -0.4 is 10.5 Å². The lowest BCUT2D eigenvalue weighted by atomic mass is 9.93. The Balaban J connectivity index is 0.00000625. The molecule has 150 valence electrons. The van der Waals surface area contributed by atoms with E-state index in [-0.39, 0.29) is 18.3 Å². The number of halogens is 4. The van der Waals surface area contributed by atoms with Gasteiger partial charge in [-0.25, -0.2) is 0 Å². The lowest BCUT2D eigenvalue weighted by molar-refractivity contribution is -0.155. The van der Waals surface area contributed by atoms with Crippen molar-refractivity contribution in [3.8, 4) is 5.75 Å². The molecule has 0 bridgehead atoms. The number of esters is 1. The zero-order valence-electron chi connectivity index (χ0n) is 15.4. The van der Waals surface area contributed by atoms with Gasteiger partial charge in [-0.1, -0.05) is 13.8 Å². The third-order valence-corrected chi connectivity index (χ3v) is 4.10. The second-order valence-corrected chi connectivity index (χ2v) is 6.11. The van der Waals surface area contributed by atoms with Crippen molar-refractivity contribution in [3.05, 3.63) is 29.8 Å². The van der Waals surface area contributed by atoms with E-state index in [1.807, 2.05) is 13.8 Å². The van der Waals surface area contributed by atoms with Gasteiger partial charge in [-0.2, -0.15) is 13.2 Å². The van der Waals surface area contributed by atoms with Gasteiger partial charge in [-0.05, 0) is 56.9 Å². The highest BCUT2D eigenvalue weighted by Gasteiger charge is 2.32. The number of carbonyl (C=O) groups is 1. The summed E-state index contributed by atoms with van der Waals surface area (Å²) in [5.41, 5.74) is 4.77. The summed E-state index contributed by atoms with van der Waals surface area (Å²) in [6.07, 6.45) is -3.89. The summed E-state index contributed by atoms with van der Waals surface area (Å²) in [6.45, 7) is 7.19. The van der Waals surface area contributed by atoms with Crippen LogP contribution in [0.2, 0.25) is 0 Å². The van der Waals surface area contributed by atoms with E-state index < -0.39 is 36.0 Å². The number of ether oxygens (including phenoxy) is 2. The van der Waals surface area contributed by atoms with Crippen molar-refractivity contribution in [2.24, 2.45) is 11.7 Å². The standard InChI is InChI=1S/C18H26F3NO3.ClH/c1-5-13(6-2)16(12(4)24-17(23)11(3)22)25-15-9-7-14(8-10-15)18(19,20)21;/h7-13,16H,5-6,22H2,1-4H3;1H/t11-,12-,16-;/m0./s1. The molecule has 0 radical (unpaired) electrons. The van der Waals surface area contributed by atoms with Gasteiger partial charge < -0.3 is 15.2 Å². The average molecular weight is 398 g/mol. The second kappa shape index (κ2) is 10.6. The fourth-order valence-corrected chi connectivity index (χ4v) is 2.57. The minimum Gasteiger partial charge on any atom is -0.486 e. The molecule has 8 heteroatoms. The number of alkyl halides is 3. The van der Waals surface area contributed by atoms with Gasteiger partial charge in [0.15, 0.2) is 0 Å². The summed E-state index contributed by atoms with van der Waals surface area (Å²) in [5, 5.41) is 0. The van der Waals surface area contributed by atoms with Crippen molar-refractivity contribution < 1.29 is 27.4 Å². The van der Waals surface area contributed by atoms with Crippen LogP contribution in [0.15, 0.2) is 24.3 Å². The molecule has 0 aliphatic carbocycles. The van der Waals surface area contributed by atoms with Crippen molar-refractivity contribution in [2.75, 3.05) is 0 Å². The third kappa shape index (κ3) is 7.03. The van der Waals surface area contributed by atoms with Crippen LogP contribution >= 0.6 is 12.4 Å². The van der Waals surface area contributed by atoms with Gasteiger partial charge in [0.25, 0.3) is 0 Å². The molecule has 1 aromatic carbocycles. The molecule has 0 saturated heterocycles. The SMILES string of the molecule is CCC(CC)[C@@H](Oc1ccc(C(F)(F)F)cc1)[C@H](C)OC(=O)[C@H](C)N.Cl. The van der Waals surface area contributed by atoms with Gasteiger partial charge in [0.1, 0.15) is 24.0 Å². The van der Waals surface area contributed by atoms with Gasteiger partial charge in [-0.15, -0.1) is 12.4 Å². The van der Waals surface area contributed by atoms with Crippen LogP contribution in [0.4, 0.5) is 13.2 Å². The van der Waals surface area contributed by atoms with E-state index in [4.69, 9.17) is 15.2 Å². The van der Waals surface area contributed by atoms with Crippen molar-refractivity contribution >= 4 is 18.4 Å². The highest BCUT2D eigenvalue weighted by Crippen LogP contribution is 2.31. The van der Waals surface area contributed by atoms with E-state index in [0.29, 0.717) is 5.75 Å². The Morgan fingerprint density at radius 1 is 1.12 bits per heavy atom. The Kier molecular flexibility index (Phi) is 10.0. The van der Waals surface area contributed by atoms with Crippen LogP contribution in [-0.2, 0) is 15.7 Å². The average Bonchev–Trinajstić information content (AvgIpc) is 2.54. The molecule has 0 aliphatic rings. The first-order valence-electron chi connectivity index (χ1n) is 8.40. The minimum absolute atomic E-state index is 0. The number of benzene rings is 1. The molecule has 1 aromatic rings. The monoisotopic (exact) mass is 397 g/mol. The number of nitrogens with two attached hydrogens (primary N) is 1. The zero-order chi connectivity index (χ0) is 19.2. The number of hydrogen-bond acceptors (Lipinski definition) is 4. The first-order chi connectivity index (χ1) is 11.6. The molecule has 0 aliphatic heterocycles. The molecule has 0 saturated carbocycles. The Morgan fingerprint density at radius 3 is 2.00 bits per heavy atom. The van der Waals surface area contributed by atoms with Crippen LogP contribution in [0, 0.1) is 5.92 Å². The lowest BCUT2D eigenvalue weighted by Gasteiger charge is -2.31. The Labute approximate surface area is 158 Å². The minimum atomic E-state index is -4.40. The highest BCUT2D eigenvalue weighted by atomic mass is 35.5. The number of carbonyl (C=O) groups excluding carboxylic acids is 1. The van der Waals surface area contributed by atoms with Gasteiger partial charge in [0.2, 0.25) is 0 Å². The maximum atomic E-state index is 12.7.